The van der Waals surface area contributed by atoms with Gasteiger partial charge in [0.05, 0.1) is 11.2 Å². The zero-order valence-corrected chi connectivity index (χ0v) is 9.93. The van der Waals surface area contributed by atoms with E-state index in [0.29, 0.717) is 0 Å². The van der Waals surface area contributed by atoms with Gasteiger partial charge in [-0.1, -0.05) is 6.07 Å². The Balaban J connectivity index is 3.06. The Bertz CT molecular complexity index is 420. The Hall–Kier alpha value is -1.21. The normalized spacial score (nSPS) is 13.3. The summed E-state index contributed by atoms with van der Waals surface area (Å²) in [6, 6.07) is 4.72. The summed E-state index contributed by atoms with van der Waals surface area (Å²) in [7, 11) is 2.96. The molecule has 1 rings (SSSR count). The van der Waals surface area contributed by atoms with Gasteiger partial charge in [-0.15, -0.1) is 13.2 Å². The molecule has 1 aromatic rings. The van der Waals surface area contributed by atoms with Gasteiger partial charge >= 0.3 is 5.51 Å². The van der Waals surface area contributed by atoms with Gasteiger partial charge in [-0.3, -0.25) is 4.79 Å². The number of rotatable bonds is 2. The fraction of sp³-hybridized carbons (Fsp3) is 0.300. The Morgan fingerprint density at radius 3 is 2.41 bits per heavy atom. The number of nitrogens with zero attached hydrogens (tertiary/aromatic N) is 1. The van der Waals surface area contributed by atoms with Gasteiger partial charge in [0.15, 0.2) is 4.90 Å². The van der Waals surface area contributed by atoms with Crippen LogP contribution in [0.5, 0.6) is 0 Å². The van der Waals surface area contributed by atoms with Crippen molar-refractivity contribution in [1.29, 1.82) is 0 Å². The lowest BCUT2D eigenvalue weighted by atomic mass is 10.2. The van der Waals surface area contributed by atoms with Crippen molar-refractivity contribution in [3.63, 3.8) is 0 Å². The number of hydrogen-bond donors (Lipinski definition) is 0. The minimum absolute atomic E-state index is 0.0742. The maximum atomic E-state index is 12.2. The van der Waals surface area contributed by atoms with E-state index >= 15 is 0 Å². The quantitative estimate of drug-likeness (QED) is 0.768. The van der Waals surface area contributed by atoms with Crippen LogP contribution in [-0.2, 0) is 11.2 Å². The number of carbonyl (C=O) groups excluding carboxylic acids is 1. The van der Waals surface area contributed by atoms with E-state index in [9.17, 15) is 22.5 Å². The summed E-state index contributed by atoms with van der Waals surface area (Å²) in [6.07, 6.45) is 0. The Morgan fingerprint density at radius 1 is 1.35 bits per heavy atom. The van der Waals surface area contributed by atoms with E-state index < -0.39 is 27.5 Å². The van der Waals surface area contributed by atoms with Crippen LogP contribution in [-0.4, -0.2) is 35.0 Å². The highest BCUT2D eigenvalue weighted by atomic mass is 32.2. The van der Waals surface area contributed by atoms with Gasteiger partial charge in [-0.05, 0) is 12.1 Å². The Morgan fingerprint density at radius 2 is 1.94 bits per heavy atom. The SMILES string of the molecule is CN(C)C(=O)c1cccc([S+]([O-])C(F)(F)F)c1. The molecule has 0 aliphatic carbocycles. The first-order valence-corrected chi connectivity index (χ1v) is 5.69. The maximum Gasteiger partial charge on any atom is 0.578 e. The predicted molar refractivity (Wildman–Crippen MR) is 56.9 cm³/mol. The van der Waals surface area contributed by atoms with E-state index in [2.05, 4.69) is 0 Å². The molecule has 0 saturated carbocycles. The molecule has 17 heavy (non-hydrogen) atoms. The first-order chi connectivity index (χ1) is 7.73. The first kappa shape index (κ1) is 13.9. The summed E-state index contributed by atoms with van der Waals surface area (Å²) in [5, 5.41) is 0. The van der Waals surface area contributed by atoms with E-state index in [0.717, 1.165) is 12.1 Å². The van der Waals surface area contributed by atoms with E-state index in [4.69, 9.17) is 0 Å². The van der Waals surface area contributed by atoms with Crippen molar-refractivity contribution in [1.82, 2.24) is 4.90 Å². The minimum atomic E-state index is -4.82. The molecule has 94 valence electrons. The van der Waals surface area contributed by atoms with Crippen LogP contribution in [0.25, 0.3) is 0 Å². The van der Waals surface area contributed by atoms with Crippen molar-refractivity contribution < 1.29 is 22.5 Å². The number of hydrogen-bond acceptors (Lipinski definition) is 2. The fourth-order valence-corrected chi connectivity index (χ4v) is 1.84. The van der Waals surface area contributed by atoms with Gasteiger partial charge in [-0.2, -0.15) is 0 Å². The number of benzene rings is 1. The van der Waals surface area contributed by atoms with Crippen molar-refractivity contribution in [2.45, 2.75) is 10.4 Å². The van der Waals surface area contributed by atoms with Crippen molar-refractivity contribution in [3.8, 4) is 0 Å². The van der Waals surface area contributed by atoms with Gasteiger partial charge < -0.3 is 9.45 Å². The highest BCUT2D eigenvalue weighted by molar-refractivity contribution is 7.92. The highest BCUT2D eigenvalue weighted by Gasteiger charge is 2.46. The summed E-state index contributed by atoms with van der Waals surface area (Å²) >= 11 is -3.11. The Kier molecular flexibility index (Phi) is 4.05. The first-order valence-electron chi connectivity index (χ1n) is 4.54. The number of carbonyl (C=O) groups is 1. The average molecular weight is 265 g/mol. The highest BCUT2D eigenvalue weighted by Crippen LogP contribution is 2.30. The Labute approximate surface area is 99.4 Å². The second-order valence-corrected chi connectivity index (χ2v) is 4.91. The number of alkyl halides is 3. The minimum Gasteiger partial charge on any atom is -0.604 e. The average Bonchev–Trinajstić information content (AvgIpc) is 2.25. The van der Waals surface area contributed by atoms with Crippen molar-refractivity contribution >= 4 is 17.1 Å². The third-order valence-electron chi connectivity index (χ3n) is 1.91. The third-order valence-corrected chi connectivity index (χ3v) is 3.01. The molecular weight excluding hydrogens is 255 g/mol. The van der Waals surface area contributed by atoms with Gasteiger partial charge in [0.1, 0.15) is 0 Å². The maximum absolute atomic E-state index is 12.2. The van der Waals surface area contributed by atoms with Crippen LogP contribution in [0, 0.1) is 0 Å². The summed E-state index contributed by atoms with van der Waals surface area (Å²) in [5.41, 5.74) is -4.75. The fourth-order valence-electron chi connectivity index (χ4n) is 1.14. The molecule has 1 amide bonds. The molecule has 0 aliphatic rings. The molecule has 1 atom stereocenters. The van der Waals surface area contributed by atoms with E-state index in [1.807, 2.05) is 0 Å². The van der Waals surface area contributed by atoms with Gasteiger partial charge in [-0.25, -0.2) is 0 Å². The lowest BCUT2D eigenvalue weighted by Gasteiger charge is -2.14. The van der Waals surface area contributed by atoms with Crippen molar-refractivity contribution in [2.24, 2.45) is 0 Å². The van der Waals surface area contributed by atoms with Gasteiger partial charge in [0.25, 0.3) is 5.91 Å². The molecule has 0 saturated heterocycles. The van der Waals surface area contributed by atoms with Crippen LogP contribution >= 0.6 is 0 Å². The number of amides is 1. The van der Waals surface area contributed by atoms with Crippen LogP contribution in [0.4, 0.5) is 13.2 Å². The molecule has 0 bridgehead atoms. The van der Waals surface area contributed by atoms with Gasteiger partial charge in [0.2, 0.25) is 0 Å². The molecule has 0 spiro atoms. The molecule has 0 heterocycles. The van der Waals surface area contributed by atoms with Crippen molar-refractivity contribution in [2.75, 3.05) is 14.1 Å². The lowest BCUT2D eigenvalue weighted by molar-refractivity contribution is -0.0435. The lowest BCUT2D eigenvalue weighted by Crippen LogP contribution is -2.25. The molecular formula is C10H10F3NO2S. The van der Waals surface area contributed by atoms with Crippen LogP contribution < -0.4 is 0 Å². The zero-order chi connectivity index (χ0) is 13.2. The van der Waals surface area contributed by atoms with E-state index in [1.54, 1.807) is 0 Å². The molecule has 1 aromatic carbocycles. The van der Waals surface area contributed by atoms with E-state index in [1.165, 1.54) is 31.1 Å². The molecule has 0 aromatic heterocycles. The topological polar surface area (TPSA) is 43.4 Å². The molecule has 1 unspecified atom stereocenters. The summed E-state index contributed by atoms with van der Waals surface area (Å²) in [6.45, 7) is 0. The molecule has 0 radical (unpaired) electrons. The van der Waals surface area contributed by atoms with E-state index in [-0.39, 0.29) is 5.56 Å². The summed E-state index contributed by atoms with van der Waals surface area (Å²) in [4.78, 5) is 12.3. The van der Waals surface area contributed by atoms with Crippen LogP contribution in [0.15, 0.2) is 29.2 Å². The largest absolute Gasteiger partial charge is 0.604 e. The molecule has 0 N–H and O–H groups in total. The number of halogens is 3. The predicted octanol–water partition coefficient (Wildman–Crippen LogP) is 2.02. The smallest absolute Gasteiger partial charge is 0.578 e. The van der Waals surface area contributed by atoms with Gasteiger partial charge in [0, 0.05) is 25.7 Å². The molecule has 3 nitrogen and oxygen atoms in total. The monoisotopic (exact) mass is 265 g/mol. The summed E-state index contributed by atoms with van der Waals surface area (Å²) < 4.78 is 47.8. The molecule has 7 heteroatoms. The second kappa shape index (κ2) is 4.97. The van der Waals surface area contributed by atoms with Crippen LogP contribution in [0.3, 0.4) is 0 Å². The second-order valence-electron chi connectivity index (χ2n) is 3.44. The summed E-state index contributed by atoms with van der Waals surface area (Å²) in [5.74, 6) is -0.439. The van der Waals surface area contributed by atoms with Crippen molar-refractivity contribution in [3.05, 3.63) is 29.8 Å². The van der Waals surface area contributed by atoms with Crippen LogP contribution in [0.1, 0.15) is 10.4 Å². The molecule has 0 fully saturated rings. The standard InChI is InChI=1S/C10H10F3NO2S/c1-14(2)9(15)7-4-3-5-8(6-7)17(16)10(11,12)13/h3-6H,1-2H3. The third kappa shape index (κ3) is 3.37. The van der Waals surface area contributed by atoms with Crippen LogP contribution in [0.2, 0.25) is 0 Å². The zero-order valence-electron chi connectivity index (χ0n) is 9.12. The molecule has 0 aliphatic heterocycles.